The van der Waals surface area contributed by atoms with Gasteiger partial charge in [-0.1, -0.05) is 98.1 Å². The predicted molar refractivity (Wildman–Crippen MR) is 132 cm³/mol. The van der Waals surface area contributed by atoms with Crippen molar-refractivity contribution in [3.8, 4) is 11.1 Å². The molecule has 30 heavy (non-hydrogen) atoms. The number of hydrogen-bond donors (Lipinski definition) is 0. The van der Waals surface area contributed by atoms with E-state index in [9.17, 15) is 4.39 Å². The Bertz CT molecular complexity index is 972. The zero-order chi connectivity index (χ0) is 21.9. The molecule has 1 nitrogen and oxygen atoms in total. The van der Waals surface area contributed by atoms with Gasteiger partial charge in [-0.15, -0.1) is 11.3 Å². The Labute approximate surface area is 188 Å². The van der Waals surface area contributed by atoms with Crippen LogP contribution in [0.15, 0.2) is 92.6 Å². The highest BCUT2D eigenvalue weighted by Crippen LogP contribution is 2.30. The van der Waals surface area contributed by atoms with Gasteiger partial charge >= 0.3 is 0 Å². The van der Waals surface area contributed by atoms with E-state index >= 15 is 0 Å². The average Bonchev–Trinajstić information content (AvgIpc) is 3.14. The lowest BCUT2D eigenvalue weighted by Crippen LogP contribution is -2.24. The molecule has 0 spiro atoms. The summed E-state index contributed by atoms with van der Waals surface area (Å²) in [5, 5.41) is 0. The van der Waals surface area contributed by atoms with Gasteiger partial charge in [0.05, 0.1) is 4.34 Å². The molecule has 1 aliphatic heterocycles. The molecule has 3 aromatic rings. The second-order valence-corrected chi connectivity index (χ2v) is 8.54. The fourth-order valence-corrected chi connectivity index (χ4v) is 4.42. The second-order valence-electron chi connectivity index (χ2n) is 6.77. The first-order chi connectivity index (χ1) is 14.5. The Balaban J connectivity index is 0.000000187. The van der Waals surface area contributed by atoms with Crippen LogP contribution in [0.3, 0.4) is 0 Å². The summed E-state index contributed by atoms with van der Waals surface area (Å²) < 4.78 is 14.1. The molecule has 0 saturated carbocycles. The molecule has 1 aliphatic rings. The van der Waals surface area contributed by atoms with Crippen LogP contribution < -0.4 is 0 Å². The van der Waals surface area contributed by atoms with Crippen LogP contribution in [0.1, 0.15) is 16.0 Å². The van der Waals surface area contributed by atoms with Crippen molar-refractivity contribution in [2.24, 2.45) is 0 Å². The third-order valence-electron chi connectivity index (χ3n) is 4.51. The third kappa shape index (κ3) is 7.10. The molecular weight excluding hydrogens is 413 g/mol. The topological polar surface area (TPSA) is 3.24 Å². The third-order valence-corrected chi connectivity index (χ3v) is 5.80. The predicted octanol–water partition coefficient (Wildman–Crippen LogP) is 8.04. The van der Waals surface area contributed by atoms with Crippen LogP contribution >= 0.6 is 22.9 Å². The number of thiophene rings is 1. The Morgan fingerprint density at radius 2 is 1.70 bits per heavy atom. The Hall–Kier alpha value is -2.46. The number of rotatable bonds is 3. The van der Waals surface area contributed by atoms with Crippen molar-refractivity contribution in [1.82, 2.24) is 4.90 Å². The number of fused-ring (bicyclic) bond motifs is 1. The molecule has 2 aromatic carbocycles. The van der Waals surface area contributed by atoms with Gasteiger partial charge in [0.15, 0.2) is 0 Å². The molecule has 4 heteroatoms. The molecule has 0 unspecified atom stereocenters. The summed E-state index contributed by atoms with van der Waals surface area (Å²) in [5.74, 6) is -0.394. The van der Waals surface area contributed by atoms with Gasteiger partial charge in [-0.3, -0.25) is 0 Å². The number of hydrogen-bond acceptors (Lipinski definition) is 2. The van der Waals surface area contributed by atoms with E-state index in [1.54, 1.807) is 29.6 Å². The standard InChI is InChI=1S/C14H11F.C8H10ClNS.C4H6/c1-11(15)13-9-5-6-10-14(13)12-7-3-2-4-8-12;1-10-3-2-6-4-8(9)11-7(6)5-10;1-3-4-2/h2-10H,1H2;4H,2-3,5H2,1H3;3-4H,1-2H2. The van der Waals surface area contributed by atoms with Gasteiger partial charge in [0.2, 0.25) is 0 Å². The normalized spacial score (nSPS) is 12.4. The van der Waals surface area contributed by atoms with Crippen LogP contribution in [0.4, 0.5) is 4.39 Å². The highest BCUT2D eigenvalue weighted by Gasteiger charge is 2.15. The first-order valence-electron chi connectivity index (χ1n) is 9.64. The largest absolute Gasteiger partial charge is 0.301 e. The Morgan fingerprint density at radius 3 is 2.33 bits per heavy atom. The summed E-state index contributed by atoms with van der Waals surface area (Å²) in [4.78, 5) is 3.78. The minimum Gasteiger partial charge on any atom is -0.301 e. The van der Waals surface area contributed by atoms with Crippen molar-refractivity contribution in [3.05, 3.63) is 113 Å². The number of likely N-dealkylation sites (N-methyl/N-ethyl adjacent to an activating group) is 1. The number of halogens is 2. The van der Waals surface area contributed by atoms with Crippen molar-refractivity contribution in [3.63, 3.8) is 0 Å². The molecule has 0 atom stereocenters. The van der Waals surface area contributed by atoms with Gasteiger partial charge in [-0.05, 0) is 36.2 Å². The first-order valence-corrected chi connectivity index (χ1v) is 10.8. The van der Waals surface area contributed by atoms with E-state index in [4.69, 9.17) is 11.6 Å². The molecule has 2 heterocycles. The fraction of sp³-hybridized carbons (Fsp3) is 0.154. The van der Waals surface area contributed by atoms with Crippen molar-refractivity contribution in [2.45, 2.75) is 13.0 Å². The zero-order valence-corrected chi connectivity index (χ0v) is 18.9. The Kier molecular flexibility index (Phi) is 9.75. The molecular formula is C26H27ClFNS. The van der Waals surface area contributed by atoms with Crippen LogP contribution in [0.25, 0.3) is 17.0 Å². The zero-order valence-electron chi connectivity index (χ0n) is 17.3. The summed E-state index contributed by atoms with van der Waals surface area (Å²) in [6.45, 7) is 12.3. The quantitative estimate of drug-likeness (QED) is 0.373. The number of benzene rings is 2. The van der Waals surface area contributed by atoms with E-state index in [1.807, 2.05) is 48.5 Å². The van der Waals surface area contributed by atoms with Crippen LogP contribution in [0, 0.1) is 0 Å². The summed E-state index contributed by atoms with van der Waals surface area (Å²) in [6.07, 6.45) is 4.44. The summed E-state index contributed by atoms with van der Waals surface area (Å²) in [7, 11) is 2.15. The van der Waals surface area contributed by atoms with Crippen molar-refractivity contribution in [2.75, 3.05) is 13.6 Å². The summed E-state index contributed by atoms with van der Waals surface area (Å²) in [5.41, 5.74) is 3.90. The molecule has 0 aliphatic carbocycles. The highest BCUT2D eigenvalue weighted by molar-refractivity contribution is 7.16. The molecule has 0 saturated heterocycles. The second kappa shape index (κ2) is 12.3. The van der Waals surface area contributed by atoms with E-state index in [2.05, 4.69) is 37.8 Å². The molecule has 1 aromatic heterocycles. The summed E-state index contributed by atoms with van der Waals surface area (Å²) >= 11 is 7.62. The van der Waals surface area contributed by atoms with E-state index in [-0.39, 0.29) is 0 Å². The Morgan fingerprint density at radius 1 is 1.07 bits per heavy atom. The molecule has 0 N–H and O–H groups in total. The van der Waals surface area contributed by atoms with Gasteiger partial charge in [0.1, 0.15) is 5.83 Å². The SMILES string of the molecule is C=C(F)c1ccccc1-c1ccccc1.C=CC=C.CN1CCc2cc(Cl)sc2C1. The van der Waals surface area contributed by atoms with Crippen LogP contribution in [0.5, 0.6) is 0 Å². The van der Waals surface area contributed by atoms with Crippen LogP contribution in [0.2, 0.25) is 4.34 Å². The van der Waals surface area contributed by atoms with E-state index in [0.717, 1.165) is 28.4 Å². The average molecular weight is 440 g/mol. The van der Waals surface area contributed by atoms with E-state index in [0.29, 0.717) is 5.56 Å². The molecule has 0 fully saturated rings. The fourth-order valence-electron chi connectivity index (χ4n) is 3.00. The summed E-state index contributed by atoms with van der Waals surface area (Å²) in [6, 6.07) is 19.2. The maximum atomic E-state index is 13.2. The lowest BCUT2D eigenvalue weighted by Gasteiger charge is -2.21. The highest BCUT2D eigenvalue weighted by atomic mass is 35.5. The number of nitrogens with zero attached hydrogens (tertiary/aromatic N) is 1. The van der Waals surface area contributed by atoms with E-state index in [1.165, 1.54) is 17.0 Å². The lowest BCUT2D eigenvalue weighted by atomic mass is 9.99. The maximum Gasteiger partial charge on any atom is 0.123 e. The van der Waals surface area contributed by atoms with Crippen LogP contribution in [-0.2, 0) is 13.0 Å². The lowest BCUT2D eigenvalue weighted by molar-refractivity contribution is 0.317. The van der Waals surface area contributed by atoms with Gasteiger partial charge in [0.25, 0.3) is 0 Å². The molecule has 0 amide bonds. The van der Waals surface area contributed by atoms with E-state index < -0.39 is 5.83 Å². The smallest absolute Gasteiger partial charge is 0.123 e. The van der Waals surface area contributed by atoms with Crippen LogP contribution in [-0.4, -0.2) is 18.5 Å². The van der Waals surface area contributed by atoms with Gasteiger partial charge in [0, 0.05) is 23.5 Å². The van der Waals surface area contributed by atoms with Gasteiger partial charge < -0.3 is 4.90 Å². The monoisotopic (exact) mass is 439 g/mol. The minimum absolute atomic E-state index is 0.394. The molecule has 0 bridgehead atoms. The number of allylic oxidation sites excluding steroid dienone is 2. The molecule has 0 radical (unpaired) electrons. The van der Waals surface area contributed by atoms with Crippen molar-refractivity contribution in [1.29, 1.82) is 0 Å². The van der Waals surface area contributed by atoms with Gasteiger partial charge in [-0.2, -0.15) is 0 Å². The van der Waals surface area contributed by atoms with Gasteiger partial charge in [-0.25, -0.2) is 4.39 Å². The minimum atomic E-state index is -0.394. The maximum absolute atomic E-state index is 13.2. The van der Waals surface area contributed by atoms with Crippen molar-refractivity contribution >= 4 is 28.8 Å². The first kappa shape index (κ1) is 23.8. The molecule has 156 valence electrons. The van der Waals surface area contributed by atoms with Crippen molar-refractivity contribution < 1.29 is 4.39 Å². The molecule has 4 rings (SSSR count).